The number of hydrogen-bond acceptors (Lipinski definition) is 4. The molecule has 0 N–H and O–H groups in total. The van der Waals surface area contributed by atoms with E-state index in [4.69, 9.17) is 9.47 Å². The molecule has 1 aromatic rings. The van der Waals surface area contributed by atoms with Gasteiger partial charge in [-0.2, -0.15) is 0 Å². The number of rotatable bonds is 3. The van der Waals surface area contributed by atoms with Crippen LogP contribution < -0.4 is 0 Å². The second-order valence-corrected chi connectivity index (χ2v) is 6.22. The van der Waals surface area contributed by atoms with Gasteiger partial charge in [0.25, 0.3) is 0 Å². The smallest absolute Gasteiger partial charge is 0.419 e. The highest BCUT2D eigenvalue weighted by Crippen LogP contribution is 2.42. The van der Waals surface area contributed by atoms with Crippen molar-refractivity contribution in [3.05, 3.63) is 35.8 Å². The van der Waals surface area contributed by atoms with Gasteiger partial charge < -0.3 is 9.47 Å². The number of halogens is 1. The van der Waals surface area contributed by atoms with E-state index in [9.17, 15) is 4.79 Å². The lowest BCUT2D eigenvalue weighted by molar-refractivity contribution is 0.0638. The Balaban J connectivity index is 2.43. The third-order valence-corrected chi connectivity index (χ3v) is 3.90. The molecule has 0 amide bonds. The average molecular weight is 373 g/mol. The summed E-state index contributed by atoms with van der Waals surface area (Å²) in [4.78, 5) is 15.8. The van der Waals surface area contributed by atoms with Crippen molar-refractivity contribution in [2.24, 2.45) is 5.92 Å². The van der Waals surface area contributed by atoms with Crippen molar-refractivity contribution < 1.29 is 14.3 Å². The maximum atomic E-state index is 11.5. The lowest BCUT2D eigenvalue weighted by atomic mass is 9.92. The number of ether oxygens (including phenoxy) is 2. The minimum absolute atomic E-state index is 0.391. The van der Waals surface area contributed by atoms with Gasteiger partial charge in [0.1, 0.15) is 0 Å². The minimum atomic E-state index is -0.709. The van der Waals surface area contributed by atoms with E-state index in [2.05, 4.69) is 41.4 Å². The van der Waals surface area contributed by atoms with Crippen LogP contribution in [0.5, 0.6) is 0 Å². The Morgan fingerprint density at radius 2 is 2.21 bits per heavy atom. The Morgan fingerprint density at radius 1 is 1.47 bits per heavy atom. The van der Waals surface area contributed by atoms with Gasteiger partial charge in [0, 0.05) is 6.20 Å². The van der Waals surface area contributed by atoms with E-state index in [1.807, 2.05) is 25.1 Å². The molecule has 0 aromatic carbocycles. The van der Waals surface area contributed by atoms with Crippen LogP contribution in [0.15, 0.2) is 30.2 Å². The second-order valence-electron chi connectivity index (χ2n) is 5.14. The van der Waals surface area contributed by atoms with Gasteiger partial charge in [0.05, 0.1) is 9.27 Å². The summed E-state index contributed by atoms with van der Waals surface area (Å²) >= 11 is 2.15. The van der Waals surface area contributed by atoms with Crippen molar-refractivity contribution in [1.82, 2.24) is 4.98 Å². The molecule has 1 saturated heterocycles. The van der Waals surface area contributed by atoms with Crippen LogP contribution in [0.1, 0.15) is 32.9 Å². The quantitative estimate of drug-likeness (QED) is 0.590. The second kappa shape index (κ2) is 5.48. The predicted octanol–water partition coefficient (Wildman–Crippen LogP) is 4.16. The molecule has 1 aliphatic heterocycles. The van der Waals surface area contributed by atoms with Crippen molar-refractivity contribution >= 4 is 32.3 Å². The lowest BCUT2D eigenvalue weighted by Crippen LogP contribution is -2.28. The summed E-state index contributed by atoms with van der Waals surface area (Å²) in [5, 5.41) is 0. The number of hydrogen-bond donors (Lipinski definition) is 0. The van der Waals surface area contributed by atoms with Crippen LogP contribution in [0.3, 0.4) is 0 Å². The minimum Gasteiger partial charge on any atom is -0.419 e. The number of carbonyl (C=O) groups excluding carboxylic acids is 1. The van der Waals surface area contributed by atoms with Gasteiger partial charge >= 0.3 is 6.16 Å². The molecule has 0 aliphatic carbocycles. The third-order valence-electron chi connectivity index (χ3n) is 2.86. The van der Waals surface area contributed by atoms with Gasteiger partial charge in [-0.1, -0.05) is 19.9 Å². The zero-order chi connectivity index (χ0) is 14.0. The topological polar surface area (TPSA) is 48.4 Å². The van der Waals surface area contributed by atoms with Crippen molar-refractivity contribution in [1.29, 1.82) is 0 Å². The first kappa shape index (κ1) is 14.3. The van der Waals surface area contributed by atoms with Crippen LogP contribution in [0.4, 0.5) is 4.79 Å². The normalized spacial score (nSPS) is 25.2. The summed E-state index contributed by atoms with van der Waals surface area (Å²) in [6, 6.07) is 5.64. The Hall–Kier alpha value is -1.11. The van der Waals surface area contributed by atoms with Gasteiger partial charge in [0.2, 0.25) is 0 Å². The van der Waals surface area contributed by atoms with E-state index in [1.165, 1.54) is 0 Å². The number of pyridine rings is 1. The lowest BCUT2D eigenvalue weighted by Gasteiger charge is -2.23. The monoisotopic (exact) mass is 373 g/mol. The molecule has 19 heavy (non-hydrogen) atoms. The summed E-state index contributed by atoms with van der Waals surface area (Å²) in [5.41, 5.74) is 0.0747. The molecule has 0 spiro atoms. The Morgan fingerprint density at radius 3 is 2.79 bits per heavy atom. The van der Waals surface area contributed by atoms with Crippen LogP contribution in [0.25, 0.3) is 3.58 Å². The summed E-state index contributed by atoms with van der Waals surface area (Å²) in [7, 11) is 0. The van der Waals surface area contributed by atoms with Crippen molar-refractivity contribution in [2.75, 3.05) is 0 Å². The van der Waals surface area contributed by atoms with Crippen molar-refractivity contribution in [3.63, 3.8) is 0 Å². The first-order chi connectivity index (χ1) is 8.92. The van der Waals surface area contributed by atoms with Crippen molar-refractivity contribution in [2.45, 2.75) is 32.8 Å². The number of cyclic esters (lactones) is 2. The van der Waals surface area contributed by atoms with Gasteiger partial charge in [-0.25, -0.2) is 4.79 Å². The highest BCUT2D eigenvalue weighted by atomic mass is 127. The first-order valence-corrected chi connectivity index (χ1v) is 7.23. The number of carbonyl (C=O) groups is 1. The molecule has 1 aromatic heterocycles. The van der Waals surface area contributed by atoms with E-state index in [-0.39, 0.29) is 0 Å². The van der Waals surface area contributed by atoms with Gasteiger partial charge in [0.15, 0.2) is 11.4 Å². The van der Waals surface area contributed by atoms with Crippen LogP contribution in [-0.4, -0.2) is 16.7 Å². The predicted molar refractivity (Wildman–Crippen MR) is 80.6 cm³/mol. The molecule has 0 bridgehead atoms. The van der Waals surface area contributed by atoms with Crippen LogP contribution in [0.2, 0.25) is 0 Å². The first-order valence-electron chi connectivity index (χ1n) is 6.15. The van der Waals surface area contributed by atoms with Crippen LogP contribution in [-0.2, 0) is 9.47 Å². The van der Waals surface area contributed by atoms with Crippen LogP contribution >= 0.6 is 22.6 Å². The van der Waals surface area contributed by atoms with E-state index in [0.29, 0.717) is 18.1 Å². The molecule has 4 nitrogen and oxygen atoms in total. The SMILES string of the molecule is CC(C)CC1(C)OC(=O)O/C1=C(/I)c1ccccn1. The summed E-state index contributed by atoms with van der Waals surface area (Å²) < 4.78 is 11.4. The molecule has 1 atom stereocenters. The fourth-order valence-corrected chi connectivity index (χ4v) is 3.24. The van der Waals surface area contributed by atoms with Gasteiger partial charge in [-0.3, -0.25) is 4.98 Å². The Labute approximate surface area is 126 Å². The summed E-state index contributed by atoms with van der Waals surface area (Å²) in [6.45, 7) is 6.06. The third kappa shape index (κ3) is 3.08. The fraction of sp³-hybridized carbons (Fsp3) is 0.429. The van der Waals surface area contributed by atoms with E-state index < -0.39 is 11.8 Å². The number of aromatic nitrogens is 1. The zero-order valence-corrected chi connectivity index (χ0v) is 13.3. The highest BCUT2D eigenvalue weighted by molar-refractivity contribution is 14.1. The van der Waals surface area contributed by atoms with Gasteiger partial charge in [-0.15, -0.1) is 0 Å². The maximum absolute atomic E-state index is 11.5. The largest absolute Gasteiger partial charge is 0.514 e. The Kier molecular flexibility index (Phi) is 4.13. The maximum Gasteiger partial charge on any atom is 0.514 e. The highest BCUT2D eigenvalue weighted by Gasteiger charge is 2.45. The van der Waals surface area contributed by atoms with E-state index >= 15 is 0 Å². The molecule has 2 rings (SSSR count). The van der Waals surface area contributed by atoms with Crippen LogP contribution in [0, 0.1) is 5.92 Å². The molecular weight excluding hydrogens is 357 g/mol. The fourth-order valence-electron chi connectivity index (χ4n) is 2.24. The zero-order valence-electron chi connectivity index (χ0n) is 11.1. The van der Waals surface area contributed by atoms with Gasteiger partial charge in [-0.05, 0) is 54.0 Å². The molecule has 1 fully saturated rings. The molecule has 0 radical (unpaired) electrons. The summed E-state index contributed by atoms with van der Waals surface area (Å²) in [5.74, 6) is 0.952. The van der Waals surface area contributed by atoms with Crippen molar-refractivity contribution in [3.8, 4) is 0 Å². The standard InChI is InChI=1S/C14H16INO3/c1-9(2)8-14(3)12(18-13(17)19-14)11(15)10-6-4-5-7-16-10/h4-7,9H,8H2,1-3H3/b12-11+. The average Bonchev–Trinajstić information content (AvgIpc) is 2.63. The Bertz CT molecular complexity index is 513. The molecular formula is C14H16INO3. The summed E-state index contributed by atoms with van der Waals surface area (Å²) in [6.07, 6.45) is 1.79. The molecule has 1 unspecified atom stereocenters. The molecule has 5 heteroatoms. The van der Waals surface area contributed by atoms with E-state index in [1.54, 1.807) is 6.20 Å². The molecule has 102 valence electrons. The molecule has 1 aliphatic rings. The van der Waals surface area contributed by atoms with E-state index in [0.717, 1.165) is 9.27 Å². The molecule has 2 heterocycles. The molecule has 0 saturated carbocycles. The number of nitrogens with zero attached hydrogens (tertiary/aromatic N) is 1.